The van der Waals surface area contributed by atoms with Gasteiger partial charge in [-0.15, -0.1) is 11.3 Å². The number of rotatable bonds is 4. The average Bonchev–Trinajstić information content (AvgIpc) is 3.05. The molecule has 0 bridgehead atoms. The van der Waals surface area contributed by atoms with Crippen molar-refractivity contribution in [3.63, 3.8) is 0 Å². The van der Waals surface area contributed by atoms with Crippen LogP contribution in [0.3, 0.4) is 0 Å². The van der Waals surface area contributed by atoms with Gasteiger partial charge in [0.25, 0.3) is 0 Å². The number of carbonyl (C=O) groups excluding carboxylic acids is 1. The van der Waals surface area contributed by atoms with Gasteiger partial charge in [-0.3, -0.25) is 4.79 Å². The smallest absolute Gasteiger partial charge is 0.250 e. The van der Waals surface area contributed by atoms with E-state index in [9.17, 15) is 4.79 Å². The highest BCUT2D eigenvalue weighted by Crippen LogP contribution is 2.32. The Morgan fingerprint density at radius 1 is 0.955 bits per heavy atom. The molecule has 0 atom stereocenters. The summed E-state index contributed by atoms with van der Waals surface area (Å²) in [5.74, 6) is -0.395. The molecule has 0 fully saturated rings. The van der Waals surface area contributed by atoms with Crippen molar-refractivity contribution in [2.24, 2.45) is 11.5 Å². The van der Waals surface area contributed by atoms with Crippen LogP contribution in [0.15, 0.2) is 60.0 Å². The van der Waals surface area contributed by atoms with E-state index in [1.54, 1.807) is 6.07 Å². The van der Waals surface area contributed by atoms with Crippen LogP contribution in [0.2, 0.25) is 0 Å². The van der Waals surface area contributed by atoms with Crippen molar-refractivity contribution >= 4 is 17.2 Å². The van der Waals surface area contributed by atoms with Crippen molar-refractivity contribution in [2.75, 3.05) is 0 Å². The molecule has 3 rings (SSSR count). The predicted octanol–water partition coefficient (Wildman–Crippen LogP) is 3.64. The Kier molecular flexibility index (Phi) is 4.04. The zero-order valence-electron chi connectivity index (χ0n) is 12.0. The second kappa shape index (κ2) is 6.13. The summed E-state index contributed by atoms with van der Waals surface area (Å²) in [6.45, 7) is 0.509. The van der Waals surface area contributed by atoms with Crippen LogP contribution in [0, 0.1) is 0 Å². The Labute approximate surface area is 133 Å². The summed E-state index contributed by atoms with van der Waals surface area (Å²) in [7, 11) is 0. The molecule has 0 radical (unpaired) electrons. The molecular weight excluding hydrogens is 292 g/mol. The summed E-state index contributed by atoms with van der Waals surface area (Å²) in [4.78, 5) is 12.4. The monoisotopic (exact) mass is 308 g/mol. The first-order chi connectivity index (χ1) is 10.7. The summed E-state index contributed by atoms with van der Waals surface area (Å²) in [6.07, 6.45) is 0. The predicted molar refractivity (Wildman–Crippen MR) is 91.6 cm³/mol. The fourth-order valence-electron chi connectivity index (χ4n) is 2.51. The van der Waals surface area contributed by atoms with Crippen LogP contribution in [-0.4, -0.2) is 5.91 Å². The number of thiophene rings is 1. The molecule has 0 aliphatic heterocycles. The summed E-state index contributed by atoms with van der Waals surface area (Å²) >= 11 is 1.52. The molecule has 0 unspecified atom stereocenters. The van der Waals surface area contributed by atoms with E-state index in [0.29, 0.717) is 12.1 Å². The van der Waals surface area contributed by atoms with Gasteiger partial charge >= 0.3 is 0 Å². The lowest BCUT2D eigenvalue weighted by atomic mass is 9.98. The topological polar surface area (TPSA) is 69.1 Å². The molecule has 2 aromatic carbocycles. The van der Waals surface area contributed by atoms with Crippen molar-refractivity contribution in [1.82, 2.24) is 0 Å². The van der Waals surface area contributed by atoms with Crippen molar-refractivity contribution in [1.29, 1.82) is 0 Å². The molecule has 3 aromatic rings. The van der Waals surface area contributed by atoms with Crippen molar-refractivity contribution in [3.8, 4) is 21.6 Å². The SMILES string of the molecule is NCc1ccccc1-c1ccc(-c2sccc2C(N)=O)cc1. The second-order valence-electron chi connectivity index (χ2n) is 4.97. The first-order valence-corrected chi connectivity index (χ1v) is 7.84. The molecule has 0 saturated heterocycles. The molecule has 0 saturated carbocycles. The van der Waals surface area contributed by atoms with Gasteiger partial charge in [0, 0.05) is 11.4 Å². The van der Waals surface area contributed by atoms with Gasteiger partial charge in [0.05, 0.1) is 5.56 Å². The Hall–Kier alpha value is -2.43. The quantitative estimate of drug-likeness (QED) is 0.772. The molecule has 110 valence electrons. The fourth-order valence-corrected chi connectivity index (χ4v) is 3.42. The minimum Gasteiger partial charge on any atom is -0.366 e. The van der Waals surface area contributed by atoms with Crippen LogP contribution in [0.5, 0.6) is 0 Å². The largest absolute Gasteiger partial charge is 0.366 e. The maximum absolute atomic E-state index is 11.4. The molecule has 4 N–H and O–H groups in total. The highest BCUT2D eigenvalue weighted by Gasteiger charge is 2.12. The molecule has 0 aliphatic carbocycles. The Bertz CT molecular complexity index is 806. The van der Waals surface area contributed by atoms with Gasteiger partial charge in [0.15, 0.2) is 0 Å². The maximum Gasteiger partial charge on any atom is 0.250 e. The van der Waals surface area contributed by atoms with Crippen LogP contribution in [0.4, 0.5) is 0 Å². The highest BCUT2D eigenvalue weighted by atomic mass is 32.1. The van der Waals surface area contributed by atoms with Gasteiger partial charge in [0.2, 0.25) is 5.91 Å². The van der Waals surface area contributed by atoms with Crippen LogP contribution >= 0.6 is 11.3 Å². The van der Waals surface area contributed by atoms with Gasteiger partial charge in [-0.05, 0) is 33.7 Å². The number of hydrogen-bond donors (Lipinski definition) is 2. The number of amides is 1. The van der Waals surface area contributed by atoms with Gasteiger partial charge in [-0.2, -0.15) is 0 Å². The van der Waals surface area contributed by atoms with Crippen LogP contribution < -0.4 is 11.5 Å². The molecule has 1 heterocycles. The molecule has 22 heavy (non-hydrogen) atoms. The number of benzene rings is 2. The average molecular weight is 308 g/mol. The molecule has 4 heteroatoms. The third-order valence-corrected chi connectivity index (χ3v) is 4.59. The number of nitrogens with two attached hydrogens (primary N) is 2. The minimum atomic E-state index is -0.395. The highest BCUT2D eigenvalue weighted by molar-refractivity contribution is 7.14. The van der Waals surface area contributed by atoms with Crippen molar-refractivity contribution in [3.05, 3.63) is 71.1 Å². The molecule has 1 amide bonds. The number of carbonyl (C=O) groups is 1. The van der Waals surface area contributed by atoms with E-state index in [1.807, 2.05) is 47.8 Å². The number of primary amides is 1. The zero-order chi connectivity index (χ0) is 15.5. The van der Waals surface area contributed by atoms with E-state index >= 15 is 0 Å². The molecule has 1 aromatic heterocycles. The van der Waals surface area contributed by atoms with Gasteiger partial charge < -0.3 is 11.5 Å². The fraction of sp³-hybridized carbons (Fsp3) is 0.0556. The van der Waals surface area contributed by atoms with Gasteiger partial charge in [-0.1, -0.05) is 48.5 Å². The van der Waals surface area contributed by atoms with Gasteiger partial charge in [-0.25, -0.2) is 0 Å². The van der Waals surface area contributed by atoms with E-state index in [-0.39, 0.29) is 0 Å². The summed E-state index contributed by atoms with van der Waals surface area (Å²) < 4.78 is 0. The van der Waals surface area contributed by atoms with Crippen LogP contribution in [-0.2, 0) is 6.54 Å². The van der Waals surface area contributed by atoms with Crippen molar-refractivity contribution < 1.29 is 4.79 Å². The lowest BCUT2D eigenvalue weighted by molar-refractivity contribution is 0.100. The Morgan fingerprint density at radius 2 is 1.64 bits per heavy atom. The second-order valence-corrected chi connectivity index (χ2v) is 5.88. The van der Waals surface area contributed by atoms with Gasteiger partial charge in [0.1, 0.15) is 0 Å². The summed E-state index contributed by atoms with van der Waals surface area (Å²) in [6, 6.07) is 18.0. The Morgan fingerprint density at radius 3 is 2.32 bits per heavy atom. The van der Waals surface area contributed by atoms with E-state index in [4.69, 9.17) is 11.5 Å². The lowest BCUT2D eigenvalue weighted by Crippen LogP contribution is -2.10. The van der Waals surface area contributed by atoms with E-state index in [2.05, 4.69) is 6.07 Å². The third-order valence-electron chi connectivity index (χ3n) is 3.63. The Balaban J connectivity index is 2.00. The maximum atomic E-state index is 11.4. The van der Waals surface area contributed by atoms with Crippen LogP contribution in [0.1, 0.15) is 15.9 Å². The molecule has 0 spiro atoms. The van der Waals surface area contributed by atoms with E-state index in [1.165, 1.54) is 11.3 Å². The standard InChI is InChI=1S/C18H16N2OS/c19-11-14-3-1-2-4-15(14)12-5-7-13(8-6-12)17-16(18(20)21)9-10-22-17/h1-10H,11,19H2,(H2,20,21). The van der Waals surface area contributed by atoms with E-state index < -0.39 is 5.91 Å². The molecule has 0 aliphatic rings. The first kappa shape index (κ1) is 14.5. The lowest BCUT2D eigenvalue weighted by Gasteiger charge is -2.09. The molecule has 3 nitrogen and oxygen atoms in total. The molecular formula is C18H16N2OS. The summed E-state index contributed by atoms with van der Waals surface area (Å²) in [5.41, 5.74) is 16.1. The van der Waals surface area contributed by atoms with E-state index in [0.717, 1.165) is 27.1 Å². The van der Waals surface area contributed by atoms with Crippen LogP contribution in [0.25, 0.3) is 21.6 Å². The summed E-state index contributed by atoms with van der Waals surface area (Å²) in [5, 5.41) is 1.88. The minimum absolute atomic E-state index is 0.395. The first-order valence-electron chi connectivity index (χ1n) is 6.97. The third kappa shape index (κ3) is 2.66. The number of hydrogen-bond acceptors (Lipinski definition) is 3. The normalized spacial score (nSPS) is 10.6. The zero-order valence-corrected chi connectivity index (χ0v) is 12.8. The van der Waals surface area contributed by atoms with Crippen molar-refractivity contribution in [2.45, 2.75) is 6.54 Å².